The second-order valence-electron chi connectivity index (χ2n) is 1.49. The molecule has 3 nitrogen and oxygen atoms in total. The van der Waals surface area contributed by atoms with E-state index in [4.69, 9.17) is 12.2 Å². The average molecular weight is 125 g/mol. The molecule has 0 amide bonds. The number of hydrogen-bond acceptors (Lipinski definition) is 1. The quantitative estimate of drug-likeness (QED) is 0.227. The number of rotatable bonds is 2. The van der Waals surface area contributed by atoms with Crippen LogP contribution in [0.2, 0.25) is 0 Å². The van der Waals surface area contributed by atoms with Crippen molar-refractivity contribution < 1.29 is 0 Å². The molecule has 3 heteroatoms. The number of nitrogens with one attached hydrogen (secondary N) is 1. The first-order valence-electron chi connectivity index (χ1n) is 2.71. The monoisotopic (exact) mass is 125 g/mol. The lowest BCUT2D eigenvalue weighted by atomic mass is 10.4. The molecule has 0 aromatic rings. The van der Waals surface area contributed by atoms with Gasteiger partial charge in [-0.25, -0.2) is 0 Å². The number of nitrogens with two attached hydrogens (primary N) is 1. The lowest BCUT2D eigenvalue weighted by Crippen LogP contribution is -2.31. The Bertz CT molecular complexity index is 132. The van der Waals surface area contributed by atoms with Crippen LogP contribution < -0.4 is 11.1 Å². The van der Waals surface area contributed by atoms with E-state index in [0.29, 0.717) is 18.9 Å². The van der Waals surface area contributed by atoms with E-state index in [1.165, 1.54) is 0 Å². The predicted molar refractivity (Wildman–Crippen MR) is 39.0 cm³/mol. The highest BCUT2D eigenvalue weighted by Crippen LogP contribution is 1.68. The Hall–Kier alpha value is -1.17. The van der Waals surface area contributed by atoms with Crippen LogP contribution in [0.25, 0.3) is 0 Å². The van der Waals surface area contributed by atoms with Crippen molar-refractivity contribution in [2.45, 2.75) is 6.42 Å². The molecule has 0 aliphatic carbocycles. The van der Waals surface area contributed by atoms with Crippen LogP contribution >= 0.6 is 0 Å². The van der Waals surface area contributed by atoms with Crippen LogP contribution in [-0.4, -0.2) is 19.6 Å². The van der Waals surface area contributed by atoms with Crippen molar-refractivity contribution in [3.8, 4) is 12.3 Å². The Morgan fingerprint density at radius 3 is 3.00 bits per heavy atom. The van der Waals surface area contributed by atoms with Crippen molar-refractivity contribution in [3.63, 3.8) is 0 Å². The van der Waals surface area contributed by atoms with E-state index in [2.05, 4.69) is 16.2 Å². The van der Waals surface area contributed by atoms with Gasteiger partial charge < -0.3 is 11.1 Å². The number of aliphatic imine (C=N–C) groups is 1. The molecule has 0 saturated carbocycles. The summed E-state index contributed by atoms with van der Waals surface area (Å²) in [6.45, 7) is 0.694. The molecule has 0 rings (SSSR count). The maximum absolute atomic E-state index is 5.28. The Kier molecular flexibility index (Phi) is 4.33. The minimum atomic E-state index is 0.435. The van der Waals surface area contributed by atoms with Crippen molar-refractivity contribution >= 4 is 5.96 Å². The molecule has 0 aliphatic heterocycles. The van der Waals surface area contributed by atoms with Gasteiger partial charge in [0, 0.05) is 20.0 Å². The fourth-order valence-corrected chi connectivity index (χ4v) is 0.342. The summed E-state index contributed by atoms with van der Waals surface area (Å²) in [6.07, 6.45) is 5.66. The Labute approximate surface area is 55.3 Å². The van der Waals surface area contributed by atoms with Gasteiger partial charge in [0.25, 0.3) is 0 Å². The van der Waals surface area contributed by atoms with Crippen molar-refractivity contribution in [1.29, 1.82) is 0 Å². The van der Waals surface area contributed by atoms with Crippen LogP contribution in [0, 0.1) is 12.3 Å². The average Bonchev–Trinajstić information content (AvgIpc) is 1.89. The lowest BCUT2D eigenvalue weighted by molar-refractivity contribution is 0.893. The van der Waals surface area contributed by atoms with Crippen LogP contribution in [0.15, 0.2) is 4.99 Å². The van der Waals surface area contributed by atoms with Gasteiger partial charge in [0.15, 0.2) is 5.96 Å². The van der Waals surface area contributed by atoms with Gasteiger partial charge in [-0.1, -0.05) is 0 Å². The maximum Gasteiger partial charge on any atom is 0.188 e. The maximum atomic E-state index is 5.28. The molecule has 50 valence electrons. The molecule has 0 saturated heterocycles. The third-order valence-electron chi connectivity index (χ3n) is 0.816. The summed E-state index contributed by atoms with van der Waals surface area (Å²) < 4.78 is 0. The van der Waals surface area contributed by atoms with Gasteiger partial charge in [-0.15, -0.1) is 12.3 Å². The van der Waals surface area contributed by atoms with E-state index in [9.17, 15) is 0 Å². The fraction of sp³-hybridized carbons (Fsp3) is 0.500. The van der Waals surface area contributed by atoms with Crippen LogP contribution in [0.5, 0.6) is 0 Å². The highest BCUT2D eigenvalue weighted by molar-refractivity contribution is 5.77. The van der Waals surface area contributed by atoms with Gasteiger partial charge >= 0.3 is 0 Å². The molecule has 0 spiro atoms. The molecule has 0 aliphatic rings. The van der Waals surface area contributed by atoms with Gasteiger partial charge in [0.05, 0.1) is 0 Å². The smallest absolute Gasteiger partial charge is 0.188 e. The minimum Gasteiger partial charge on any atom is -0.370 e. The number of hydrogen-bond donors (Lipinski definition) is 2. The molecular formula is C6H11N3. The zero-order valence-corrected chi connectivity index (χ0v) is 5.52. The van der Waals surface area contributed by atoms with Crippen molar-refractivity contribution in [2.24, 2.45) is 10.7 Å². The van der Waals surface area contributed by atoms with Gasteiger partial charge in [0.2, 0.25) is 0 Å². The summed E-state index contributed by atoms with van der Waals surface area (Å²) in [5, 5.41) is 2.82. The summed E-state index contributed by atoms with van der Waals surface area (Å²) in [4.78, 5) is 3.68. The van der Waals surface area contributed by atoms with E-state index in [1.807, 2.05) is 0 Å². The molecule has 0 heterocycles. The molecule has 0 unspecified atom stereocenters. The third kappa shape index (κ3) is 4.69. The Morgan fingerprint density at radius 2 is 2.56 bits per heavy atom. The minimum absolute atomic E-state index is 0.435. The molecule has 0 atom stereocenters. The van der Waals surface area contributed by atoms with E-state index in [1.54, 1.807) is 7.05 Å². The molecule has 0 aromatic carbocycles. The second kappa shape index (κ2) is 4.98. The largest absolute Gasteiger partial charge is 0.370 e. The van der Waals surface area contributed by atoms with E-state index >= 15 is 0 Å². The van der Waals surface area contributed by atoms with Gasteiger partial charge in [-0.2, -0.15) is 0 Å². The molecule has 0 radical (unpaired) electrons. The van der Waals surface area contributed by atoms with Crippen LogP contribution in [-0.2, 0) is 0 Å². The van der Waals surface area contributed by atoms with E-state index in [0.717, 1.165) is 0 Å². The molecule has 0 fully saturated rings. The molecule has 0 aromatic heterocycles. The highest BCUT2D eigenvalue weighted by Gasteiger charge is 1.83. The van der Waals surface area contributed by atoms with Crippen LogP contribution in [0.1, 0.15) is 6.42 Å². The first kappa shape index (κ1) is 7.83. The van der Waals surface area contributed by atoms with Gasteiger partial charge in [-0.05, 0) is 0 Å². The van der Waals surface area contributed by atoms with Crippen molar-refractivity contribution in [3.05, 3.63) is 0 Å². The SMILES string of the molecule is C#CCCNC(N)=NC. The highest BCUT2D eigenvalue weighted by atomic mass is 15.1. The molecule has 9 heavy (non-hydrogen) atoms. The normalized spacial score (nSPS) is 10.4. The summed E-state index contributed by atoms with van der Waals surface area (Å²) >= 11 is 0. The molecule has 0 bridgehead atoms. The van der Waals surface area contributed by atoms with E-state index < -0.39 is 0 Å². The second-order valence-corrected chi connectivity index (χ2v) is 1.49. The zero-order valence-electron chi connectivity index (χ0n) is 5.52. The van der Waals surface area contributed by atoms with Gasteiger partial charge in [-0.3, -0.25) is 4.99 Å². The summed E-state index contributed by atoms with van der Waals surface area (Å²) in [6, 6.07) is 0. The summed E-state index contributed by atoms with van der Waals surface area (Å²) in [5.74, 6) is 2.91. The Morgan fingerprint density at radius 1 is 1.89 bits per heavy atom. The van der Waals surface area contributed by atoms with E-state index in [-0.39, 0.29) is 0 Å². The summed E-state index contributed by atoms with van der Waals surface area (Å²) in [5.41, 5.74) is 5.28. The zero-order chi connectivity index (χ0) is 7.11. The summed E-state index contributed by atoms with van der Waals surface area (Å²) in [7, 11) is 1.62. The first-order valence-corrected chi connectivity index (χ1v) is 2.71. The lowest BCUT2D eigenvalue weighted by Gasteiger charge is -1.99. The Balaban J connectivity index is 3.20. The fourth-order valence-electron chi connectivity index (χ4n) is 0.342. The van der Waals surface area contributed by atoms with Crippen LogP contribution in [0.4, 0.5) is 0 Å². The van der Waals surface area contributed by atoms with Crippen LogP contribution in [0.3, 0.4) is 0 Å². The number of nitrogens with zero attached hydrogens (tertiary/aromatic N) is 1. The molecule has 3 N–H and O–H groups in total. The number of terminal acetylenes is 1. The number of guanidine groups is 1. The first-order chi connectivity index (χ1) is 4.31. The topological polar surface area (TPSA) is 50.4 Å². The van der Waals surface area contributed by atoms with Crippen molar-refractivity contribution in [2.75, 3.05) is 13.6 Å². The predicted octanol–water partition coefficient (Wildman–Crippen LogP) is -0.456. The third-order valence-corrected chi connectivity index (χ3v) is 0.816. The van der Waals surface area contributed by atoms with Crippen molar-refractivity contribution in [1.82, 2.24) is 5.32 Å². The van der Waals surface area contributed by atoms with Gasteiger partial charge in [0.1, 0.15) is 0 Å². The molecular weight excluding hydrogens is 114 g/mol. The standard InChI is InChI=1S/C6H11N3/c1-3-4-5-9-6(7)8-2/h1H,4-5H2,2H3,(H3,7,8,9).